The number of ketones is 1. The molecule has 0 saturated heterocycles. The van der Waals surface area contributed by atoms with Crippen molar-refractivity contribution in [2.24, 2.45) is 0 Å². The summed E-state index contributed by atoms with van der Waals surface area (Å²) in [5.74, 6) is -0.569. The molecule has 64 valence electrons. The van der Waals surface area contributed by atoms with Crippen LogP contribution in [-0.4, -0.2) is 28.2 Å². The molecular weight excluding hydrogens is 144 g/mol. The first-order valence-corrected chi connectivity index (χ1v) is 3.41. The predicted molar refractivity (Wildman–Crippen MR) is 42.1 cm³/mol. The number of hydrogen-bond acceptors (Lipinski definition) is 3. The molecule has 0 spiro atoms. The van der Waals surface area contributed by atoms with Crippen molar-refractivity contribution in [1.82, 2.24) is 0 Å². The van der Waals surface area contributed by atoms with Gasteiger partial charge in [0.1, 0.15) is 12.2 Å². The Morgan fingerprint density at radius 3 is 2.36 bits per heavy atom. The summed E-state index contributed by atoms with van der Waals surface area (Å²) < 4.78 is 0. The minimum atomic E-state index is -1.46. The molecule has 0 radical (unpaired) electrons. The SMILES string of the molecule is C=C(C)CC(C)(O)C(=O)CO. The number of Topliss-reactive ketones (excluding diaryl/α,β-unsaturated/α-hetero) is 1. The van der Waals surface area contributed by atoms with Crippen LogP contribution in [0.4, 0.5) is 0 Å². The fourth-order valence-corrected chi connectivity index (χ4v) is 0.857. The molecule has 0 amide bonds. The number of hydrogen-bond donors (Lipinski definition) is 2. The largest absolute Gasteiger partial charge is 0.388 e. The molecule has 0 heterocycles. The van der Waals surface area contributed by atoms with E-state index in [4.69, 9.17) is 5.11 Å². The van der Waals surface area contributed by atoms with Crippen LogP contribution < -0.4 is 0 Å². The van der Waals surface area contributed by atoms with Gasteiger partial charge in [-0.25, -0.2) is 0 Å². The number of aliphatic hydroxyl groups is 2. The molecule has 0 aliphatic heterocycles. The van der Waals surface area contributed by atoms with Gasteiger partial charge in [0.2, 0.25) is 0 Å². The van der Waals surface area contributed by atoms with E-state index in [1.54, 1.807) is 6.92 Å². The summed E-state index contributed by atoms with van der Waals surface area (Å²) in [6.07, 6.45) is 0.201. The maximum Gasteiger partial charge on any atom is 0.189 e. The Bertz CT molecular complexity index is 170. The van der Waals surface area contributed by atoms with Crippen LogP contribution in [0.3, 0.4) is 0 Å². The van der Waals surface area contributed by atoms with Gasteiger partial charge in [-0.1, -0.05) is 5.57 Å². The zero-order chi connectivity index (χ0) is 9.07. The third-order valence-electron chi connectivity index (χ3n) is 1.39. The monoisotopic (exact) mass is 158 g/mol. The highest BCUT2D eigenvalue weighted by Gasteiger charge is 2.28. The van der Waals surface area contributed by atoms with Gasteiger partial charge >= 0.3 is 0 Å². The van der Waals surface area contributed by atoms with E-state index in [0.29, 0.717) is 0 Å². The second-order valence-corrected chi connectivity index (χ2v) is 2.99. The molecule has 11 heavy (non-hydrogen) atoms. The lowest BCUT2D eigenvalue weighted by atomic mass is 9.94. The lowest BCUT2D eigenvalue weighted by Crippen LogP contribution is -2.37. The molecule has 0 bridgehead atoms. The van der Waals surface area contributed by atoms with Gasteiger partial charge in [-0.05, 0) is 13.8 Å². The molecule has 0 aromatic carbocycles. The number of aliphatic hydroxyl groups excluding tert-OH is 1. The molecule has 1 unspecified atom stereocenters. The summed E-state index contributed by atoms with van der Waals surface area (Å²) in [5.41, 5.74) is -0.738. The van der Waals surface area contributed by atoms with Crippen molar-refractivity contribution in [2.75, 3.05) is 6.61 Å². The van der Waals surface area contributed by atoms with E-state index in [1.165, 1.54) is 6.92 Å². The van der Waals surface area contributed by atoms with Crippen LogP contribution >= 0.6 is 0 Å². The maximum atomic E-state index is 10.8. The zero-order valence-corrected chi connectivity index (χ0v) is 6.92. The zero-order valence-electron chi connectivity index (χ0n) is 6.92. The van der Waals surface area contributed by atoms with Gasteiger partial charge in [0.15, 0.2) is 5.78 Å². The Labute approximate surface area is 66.4 Å². The van der Waals surface area contributed by atoms with E-state index < -0.39 is 18.0 Å². The van der Waals surface area contributed by atoms with Gasteiger partial charge < -0.3 is 10.2 Å². The predicted octanol–water partition coefficient (Wildman–Crippen LogP) is 0.265. The van der Waals surface area contributed by atoms with E-state index in [1.807, 2.05) is 0 Å². The van der Waals surface area contributed by atoms with Crippen LogP contribution in [0.2, 0.25) is 0 Å². The van der Waals surface area contributed by atoms with Crippen molar-refractivity contribution >= 4 is 5.78 Å². The van der Waals surface area contributed by atoms with E-state index in [9.17, 15) is 9.90 Å². The number of carbonyl (C=O) groups is 1. The first-order valence-electron chi connectivity index (χ1n) is 3.41. The van der Waals surface area contributed by atoms with Crippen molar-refractivity contribution in [1.29, 1.82) is 0 Å². The standard InChI is InChI=1S/C8H14O3/c1-6(2)4-8(3,11)7(10)5-9/h9,11H,1,4-5H2,2-3H3. The Balaban J connectivity index is 4.21. The maximum absolute atomic E-state index is 10.8. The third kappa shape index (κ3) is 3.30. The van der Waals surface area contributed by atoms with E-state index >= 15 is 0 Å². The minimum Gasteiger partial charge on any atom is -0.388 e. The van der Waals surface area contributed by atoms with Gasteiger partial charge in [0.05, 0.1) is 0 Å². The average molecular weight is 158 g/mol. The first-order chi connectivity index (χ1) is 4.90. The van der Waals surface area contributed by atoms with Crippen molar-refractivity contribution in [3.63, 3.8) is 0 Å². The molecule has 0 rings (SSSR count). The fraction of sp³-hybridized carbons (Fsp3) is 0.625. The van der Waals surface area contributed by atoms with Gasteiger partial charge in [-0.3, -0.25) is 4.79 Å². The highest BCUT2D eigenvalue weighted by Crippen LogP contribution is 2.15. The molecule has 3 nitrogen and oxygen atoms in total. The van der Waals surface area contributed by atoms with Crippen molar-refractivity contribution in [2.45, 2.75) is 25.9 Å². The second-order valence-electron chi connectivity index (χ2n) is 2.99. The van der Waals surface area contributed by atoms with Crippen LogP contribution in [0.1, 0.15) is 20.3 Å². The number of rotatable bonds is 4. The Kier molecular flexibility index (Phi) is 3.42. The second kappa shape index (κ2) is 3.64. The van der Waals surface area contributed by atoms with E-state index in [2.05, 4.69) is 6.58 Å². The molecule has 0 aromatic heterocycles. The first kappa shape index (κ1) is 10.3. The summed E-state index contributed by atoms with van der Waals surface area (Å²) in [5, 5.41) is 17.8. The molecular formula is C8H14O3. The molecule has 3 heteroatoms. The van der Waals surface area contributed by atoms with Crippen LogP contribution in [0, 0.1) is 0 Å². The minimum absolute atomic E-state index is 0.201. The normalized spacial score (nSPS) is 15.6. The highest BCUT2D eigenvalue weighted by molar-refractivity contribution is 5.87. The Morgan fingerprint density at radius 1 is 1.64 bits per heavy atom. The van der Waals surface area contributed by atoms with E-state index in [0.717, 1.165) is 5.57 Å². The third-order valence-corrected chi connectivity index (χ3v) is 1.39. The molecule has 0 saturated carbocycles. The lowest BCUT2D eigenvalue weighted by molar-refractivity contribution is -0.138. The van der Waals surface area contributed by atoms with Gasteiger partial charge in [0.25, 0.3) is 0 Å². The average Bonchev–Trinajstić information content (AvgIpc) is 1.83. The quantitative estimate of drug-likeness (QED) is 0.577. The van der Waals surface area contributed by atoms with Crippen molar-refractivity contribution in [3.05, 3.63) is 12.2 Å². The number of carbonyl (C=O) groups excluding carboxylic acids is 1. The molecule has 2 N–H and O–H groups in total. The van der Waals surface area contributed by atoms with Crippen molar-refractivity contribution < 1.29 is 15.0 Å². The molecule has 0 fully saturated rings. The van der Waals surface area contributed by atoms with Gasteiger partial charge in [-0.2, -0.15) is 0 Å². The van der Waals surface area contributed by atoms with Crippen LogP contribution in [0.15, 0.2) is 12.2 Å². The summed E-state index contributed by atoms with van der Waals surface area (Å²) in [4.78, 5) is 10.8. The van der Waals surface area contributed by atoms with E-state index in [-0.39, 0.29) is 6.42 Å². The molecule has 1 atom stereocenters. The summed E-state index contributed by atoms with van der Waals surface area (Å²) in [6, 6.07) is 0. The Hall–Kier alpha value is -0.670. The smallest absolute Gasteiger partial charge is 0.189 e. The van der Waals surface area contributed by atoms with Gasteiger partial charge in [-0.15, -0.1) is 6.58 Å². The molecule has 0 aliphatic carbocycles. The fourth-order valence-electron chi connectivity index (χ4n) is 0.857. The summed E-state index contributed by atoms with van der Waals surface area (Å²) in [7, 11) is 0. The van der Waals surface area contributed by atoms with Crippen molar-refractivity contribution in [3.8, 4) is 0 Å². The highest BCUT2D eigenvalue weighted by atomic mass is 16.3. The Morgan fingerprint density at radius 2 is 2.09 bits per heavy atom. The summed E-state index contributed by atoms with van der Waals surface area (Å²) in [6.45, 7) is 6.04. The summed E-state index contributed by atoms with van der Waals surface area (Å²) >= 11 is 0. The topological polar surface area (TPSA) is 57.5 Å². The molecule has 0 aliphatic rings. The van der Waals surface area contributed by atoms with Gasteiger partial charge in [0, 0.05) is 6.42 Å². The van der Waals surface area contributed by atoms with Crippen LogP contribution in [0.5, 0.6) is 0 Å². The molecule has 0 aromatic rings. The van der Waals surface area contributed by atoms with Crippen LogP contribution in [-0.2, 0) is 4.79 Å². The lowest BCUT2D eigenvalue weighted by Gasteiger charge is -2.20. The van der Waals surface area contributed by atoms with Crippen LogP contribution in [0.25, 0.3) is 0 Å².